The van der Waals surface area contributed by atoms with Crippen molar-refractivity contribution in [3.63, 3.8) is 0 Å². The van der Waals surface area contributed by atoms with Crippen LogP contribution in [-0.2, 0) is 10.0 Å². The first-order valence-electron chi connectivity index (χ1n) is 10.7. The number of hydrogen-bond donors (Lipinski definition) is 0. The molecule has 0 N–H and O–H groups in total. The first-order chi connectivity index (χ1) is 15.8. The Bertz CT molecular complexity index is 1240. The minimum Gasteiger partial charge on any atom is -0.493 e. The maximum Gasteiger partial charge on any atom is 0.243 e. The Morgan fingerprint density at radius 1 is 0.818 bits per heavy atom. The lowest BCUT2D eigenvalue weighted by Gasteiger charge is -2.34. The average molecular weight is 469 g/mol. The standard InChI is InChI=1S/C24H28N4O4S/c1-17-5-7-20(18(2)15-17)21-8-10-24(26-25-21)27-11-13-28(14-12-27)33(29,30)19-6-9-22(31-3)23(16-19)32-4/h5-10,15-16H,11-14H2,1-4H3. The molecule has 1 saturated heterocycles. The van der Waals surface area contributed by atoms with Crippen LogP contribution in [0.5, 0.6) is 11.5 Å². The normalized spacial score (nSPS) is 14.8. The highest BCUT2D eigenvalue weighted by atomic mass is 32.2. The lowest BCUT2D eigenvalue weighted by atomic mass is 10.0. The largest absolute Gasteiger partial charge is 0.493 e. The van der Waals surface area contributed by atoms with Crippen LogP contribution < -0.4 is 14.4 Å². The van der Waals surface area contributed by atoms with Crippen LogP contribution in [0.1, 0.15) is 11.1 Å². The molecule has 0 bridgehead atoms. The number of piperazine rings is 1. The molecule has 33 heavy (non-hydrogen) atoms. The Morgan fingerprint density at radius 3 is 2.15 bits per heavy atom. The zero-order chi connectivity index (χ0) is 23.6. The minimum absolute atomic E-state index is 0.186. The predicted octanol–water partition coefficient (Wildman–Crippen LogP) is 3.29. The zero-order valence-corrected chi connectivity index (χ0v) is 20.1. The molecule has 0 spiro atoms. The van der Waals surface area contributed by atoms with E-state index in [4.69, 9.17) is 9.47 Å². The van der Waals surface area contributed by atoms with Crippen molar-refractivity contribution in [1.29, 1.82) is 0 Å². The fourth-order valence-corrected chi connectivity index (χ4v) is 5.46. The zero-order valence-electron chi connectivity index (χ0n) is 19.3. The number of sulfonamides is 1. The number of aromatic nitrogens is 2. The number of anilines is 1. The Hall–Kier alpha value is -3.17. The van der Waals surface area contributed by atoms with Crippen molar-refractivity contribution >= 4 is 15.8 Å². The van der Waals surface area contributed by atoms with E-state index in [1.165, 1.54) is 30.2 Å². The van der Waals surface area contributed by atoms with Crippen molar-refractivity contribution in [2.45, 2.75) is 18.7 Å². The van der Waals surface area contributed by atoms with E-state index in [2.05, 4.69) is 47.1 Å². The molecule has 1 aliphatic rings. The topological polar surface area (TPSA) is 84.9 Å². The van der Waals surface area contributed by atoms with Gasteiger partial charge in [-0.25, -0.2) is 8.42 Å². The summed E-state index contributed by atoms with van der Waals surface area (Å²) in [5, 5.41) is 8.82. The first-order valence-corrected chi connectivity index (χ1v) is 12.2. The summed E-state index contributed by atoms with van der Waals surface area (Å²) in [5.74, 6) is 1.62. The summed E-state index contributed by atoms with van der Waals surface area (Å²) in [4.78, 5) is 2.24. The van der Waals surface area contributed by atoms with E-state index in [9.17, 15) is 8.42 Å². The van der Waals surface area contributed by atoms with Gasteiger partial charge in [0.2, 0.25) is 10.0 Å². The molecule has 0 saturated carbocycles. The van der Waals surface area contributed by atoms with E-state index < -0.39 is 10.0 Å². The van der Waals surface area contributed by atoms with Gasteiger partial charge >= 0.3 is 0 Å². The van der Waals surface area contributed by atoms with E-state index in [1.54, 1.807) is 12.1 Å². The number of nitrogens with zero attached hydrogens (tertiary/aromatic N) is 4. The molecule has 0 unspecified atom stereocenters. The van der Waals surface area contributed by atoms with Gasteiger partial charge in [0.25, 0.3) is 0 Å². The van der Waals surface area contributed by atoms with Gasteiger partial charge in [0.1, 0.15) is 0 Å². The van der Waals surface area contributed by atoms with Gasteiger partial charge in [-0.15, -0.1) is 10.2 Å². The molecule has 1 aliphatic heterocycles. The number of rotatable bonds is 6. The van der Waals surface area contributed by atoms with Crippen molar-refractivity contribution in [3.8, 4) is 22.8 Å². The molecule has 1 aromatic heterocycles. The summed E-state index contributed by atoms with van der Waals surface area (Å²) in [6.07, 6.45) is 0. The molecule has 0 radical (unpaired) electrons. The molecule has 0 amide bonds. The summed E-state index contributed by atoms with van der Waals surface area (Å²) in [6, 6.07) is 14.8. The second kappa shape index (κ2) is 9.36. The monoisotopic (exact) mass is 468 g/mol. The highest BCUT2D eigenvalue weighted by molar-refractivity contribution is 7.89. The molecular weight excluding hydrogens is 440 g/mol. The highest BCUT2D eigenvalue weighted by Crippen LogP contribution is 2.31. The summed E-state index contributed by atoms with van der Waals surface area (Å²) < 4.78 is 38.2. The van der Waals surface area contributed by atoms with E-state index in [0.29, 0.717) is 37.7 Å². The third-order valence-electron chi connectivity index (χ3n) is 5.86. The van der Waals surface area contributed by atoms with Gasteiger partial charge in [0, 0.05) is 37.8 Å². The lowest BCUT2D eigenvalue weighted by molar-refractivity contribution is 0.353. The van der Waals surface area contributed by atoms with Gasteiger partial charge in [0.15, 0.2) is 17.3 Å². The van der Waals surface area contributed by atoms with Crippen molar-refractivity contribution in [2.24, 2.45) is 0 Å². The van der Waals surface area contributed by atoms with Gasteiger partial charge in [0.05, 0.1) is 24.8 Å². The lowest BCUT2D eigenvalue weighted by Crippen LogP contribution is -2.49. The molecular formula is C24H28N4O4S. The number of methoxy groups -OCH3 is 2. The fourth-order valence-electron chi connectivity index (χ4n) is 4.02. The van der Waals surface area contributed by atoms with E-state index in [-0.39, 0.29) is 4.90 Å². The fraction of sp³-hybridized carbons (Fsp3) is 0.333. The summed E-state index contributed by atoms with van der Waals surface area (Å²) in [5.41, 5.74) is 4.25. The molecule has 3 aromatic rings. The maximum atomic E-state index is 13.1. The maximum absolute atomic E-state index is 13.1. The number of ether oxygens (including phenoxy) is 2. The van der Waals surface area contributed by atoms with E-state index in [1.807, 2.05) is 12.1 Å². The Balaban J connectivity index is 1.45. The highest BCUT2D eigenvalue weighted by Gasteiger charge is 2.30. The molecule has 4 rings (SSSR count). The quantitative estimate of drug-likeness (QED) is 0.549. The van der Waals surface area contributed by atoms with Crippen molar-refractivity contribution < 1.29 is 17.9 Å². The number of aryl methyl sites for hydroxylation is 2. The number of hydrogen-bond acceptors (Lipinski definition) is 7. The van der Waals surface area contributed by atoms with E-state index >= 15 is 0 Å². The summed E-state index contributed by atoms with van der Waals surface area (Å²) in [7, 11) is -0.639. The van der Waals surface area contributed by atoms with Gasteiger partial charge in [-0.2, -0.15) is 4.31 Å². The van der Waals surface area contributed by atoms with Crippen LogP contribution in [0, 0.1) is 13.8 Å². The molecule has 174 valence electrons. The minimum atomic E-state index is -3.64. The third-order valence-corrected chi connectivity index (χ3v) is 7.76. The molecule has 1 fully saturated rings. The molecule has 2 heterocycles. The van der Waals surface area contributed by atoms with E-state index in [0.717, 1.165) is 22.6 Å². The predicted molar refractivity (Wildman–Crippen MR) is 127 cm³/mol. The molecule has 0 aliphatic carbocycles. The summed E-state index contributed by atoms with van der Waals surface area (Å²) in [6.45, 7) is 5.91. The van der Waals surface area contributed by atoms with Gasteiger partial charge in [-0.1, -0.05) is 23.8 Å². The van der Waals surface area contributed by atoms with Gasteiger partial charge < -0.3 is 14.4 Å². The van der Waals surface area contributed by atoms with Crippen molar-refractivity contribution in [3.05, 3.63) is 59.7 Å². The Labute approximate surface area is 194 Å². The van der Waals surface area contributed by atoms with Crippen LogP contribution >= 0.6 is 0 Å². The summed E-state index contributed by atoms with van der Waals surface area (Å²) >= 11 is 0. The second-order valence-electron chi connectivity index (χ2n) is 8.00. The molecule has 2 aromatic carbocycles. The third kappa shape index (κ3) is 4.65. The van der Waals surface area contributed by atoms with Gasteiger partial charge in [-0.05, 0) is 43.7 Å². The molecule has 9 heteroatoms. The Morgan fingerprint density at radius 2 is 1.55 bits per heavy atom. The first kappa shape index (κ1) is 23.0. The Kier molecular flexibility index (Phi) is 6.53. The van der Waals surface area contributed by atoms with Crippen LogP contribution in [0.4, 0.5) is 5.82 Å². The SMILES string of the molecule is COc1ccc(S(=O)(=O)N2CCN(c3ccc(-c4ccc(C)cc4C)nn3)CC2)cc1OC. The smallest absolute Gasteiger partial charge is 0.243 e. The van der Waals surface area contributed by atoms with Crippen LogP contribution in [0.15, 0.2) is 53.4 Å². The van der Waals surface area contributed by atoms with Crippen molar-refractivity contribution in [2.75, 3.05) is 45.3 Å². The number of benzene rings is 2. The van der Waals surface area contributed by atoms with Crippen LogP contribution in [0.25, 0.3) is 11.3 Å². The van der Waals surface area contributed by atoms with Crippen LogP contribution in [0.2, 0.25) is 0 Å². The molecule has 8 nitrogen and oxygen atoms in total. The van der Waals surface area contributed by atoms with Crippen LogP contribution in [-0.4, -0.2) is 63.3 Å². The van der Waals surface area contributed by atoms with Crippen LogP contribution in [0.3, 0.4) is 0 Å². The van der Waals surface area contributed by atoms with Crippen molar-refractivity contribution in [1.82, 2.24) is 14.5 Å². The second-order valence-corrected chi connectivity index (χ2v) is 9.94. The van der Waals surface area contributed by atoms with Gasteiger partial charge in [-0.3, -0.25) is 0 Å². The molecule has 0 atom stereocenters. The average Bonchev–Trinajstić information content (AvgIpc) is 2.84.